The van der Waals surface area contributed by atoms with Crippen LogP contribution in [0.4, 0.5) is 0 Å². The van der Waals surface area contributed by atoms with Crippen molar-refractivity contribution in [2.45, 2.75) is 17.9 Å². The molecule has 1 unspecified atom stereocenters. The van der Waals surface area contributed by atoms with Crippen molar-refractivity contribution < 1.29 is 25.3 Å². The maximum atomic E-state index is 11.6. The van der Waals surface area contributed by atoms with Crippen LogP contribution in [0.3, 0.4) is 0 Å². The molecule has 0 heterocycles. The Kier molecular flexibility index (Phi) is 5.43. The smallest absolute Gasteiger partial charge is 0.228 e. The molecular weight excluding hydrogens is 362 g/mol. The summed E-state index contributed by atoms with van der Waals surface area (Å²) in [5.74, 6) is 0. The van der Waals surface area contributed by atoms with Gasteiger partial charge in [0.15, 0.2) is 14.9 Å². The van der Waals surface area contributed by atoms with Crippen molar-refractivity contribution in [3.63, 3.8) is 0 Å². The third-order valence-electron chi connectivity index (χ3n) is 2.39. The zero-order chi connectivity index (χ0) is 16.5. The van der Waals surface area contributed by atoms with E-state index in [9.17, 15) is 25.3 Å². The molecule has 0 saturated heterocycles. The van der Waals surface area contributed by atoms with E-state index in [0.717, 1.165) is 6.26 Å². The summed E-state index contributed by atoms with van der Waals surface area (Å²) in [6.07, 6.45) is 0.816. The molecule has 11 heteroatoms. The van der Waals surface area contributed by atoms with Gasteiger partial charge in [0.05, 0.1) is 4.90 Å². The van der Waals surface area contributed by atoms with Gasteiger partial charge in [-0.2, -0.15) is 0 Å². The average molecular weight is 376 g/mol. The Morgan fingerprint density at radius 1 is 1.05 bits per heavy atom. The summed E-state index contributed by atoms with van der Waals surface area (Å²) in [5, 5.41) is -1.02. The Bertz CT molecular complexity index is 812. The lowest BCUT2D eigenvalue weighted by atomic mass is 10.1. The highest BCUT2D eigenvalue weighted by molar-refractivity contribution is 8.13. The first kappa shape index (κ1) is 18.4. The van der Waals surface area contributed by atoms with E-state index < -0.39 is 40.0 Å². The predicted octanol–water partition coefficient (Wildman–Crippen LogP) is 0.597. The molecule has 120 valence electrons. The highest BCUT2D eigenvalue weighted by Crippen LogP contribution is 2.19. The minimum absolute atomic E-state index is 0.112. The van der Waals surface area contributed by atoms with Crippen LogP contribution in [-0.4, -0.2) is 36.6 Å². The molecule has 0 aliphatic rings. The zero-order valence-electron chi connectivity index (χ0n) is 11.1. The van der Waals surface area contributed by atoms with E-state index in [4.69, 9.17) is 10.7 Å². The molecule has 0 radical (unpaired) electrons. The molecule has 0 bridgehead atoms. The molecule has 1 aromatic rings. The first-order chi connectivity index (χ1) is 9.30. The molecule has 0 amide bonds. The van der Waals surface area contributed by atoms with Gasteiger partial charge in [-0.05, 0) is 24.6 Å². The quantitative estimate of drug-likeness (QED) is 0.728. The number of sulfonamides is 1. The van der Waals surface area contributed by atoms with Crippen LogP contribution in [0, 0.1) is 0 Å². The van der Waals surface area contributed by atoms with Gasteiger partial charge in [0.25, 0.3) is 9.05 Å². The standard InChI is InChI=1S/C10H14ClNO6S3/c1-8(12-20(15,16)7-19(2,13)14)9-3-5-10(6-4-9)21(11,17)18/h3-6,8,12H,7H2,1-2H3. The summed E-state index contributed by atoms with van der Waals surface area (Å²) in [7, 11) is -6.38. The molecule has 0 aliphatic heterocycles. The van der Waals surface area contributed by atoms with E-state index in [1.54, 1.807) is 0 Å². The van der Waals surface area contributed by atoms with E-state index >= 15 is 0 Å². The molecule has 1 N–H and O–H groups in total. The summed E-state index contributed by atoms with van der Waals surface area (Å²) < 4.78 is 69.7. The monoisotopic (exact) mass is 375 g/mol. The fraction of sp³-hybridized carbons (Fsp3) is 0.400. The van der Waals surface area contributed by atoms with Crippen LogP contribution in [0.2, 0.25) is 0 Å². The lowest BCUT2D eigenvalue weighted by Crippen LogP contribution is -2.31. The fourth-order valence-electron chi connectivity index (χ4n) is 1.57. The van der Waals surface area contributed by atoms with Crippen molar-refractivity contribution in [1.29, 1.82) is 0 Å². The minimum atomic E-state index is -4.01. The summed E-state index contributed by atoms with van der Waals surface area (Å²) >= 11 is 0. The van der Waals surface area contributed by atoms with Crippen molar-refractivity contribution in [2.24, 2.45) is 0 Å². The van der Waals surface area contributed by atoms with Gasteiger partial charge in [-0.3, -0.25) is 0 Å². The third kappa shape index (κ3) is 6.30. The third-order valence-corrected chi connectivity index (χ3v) is 7.42. The highest BCUT2D eigenvalue weighted by atomic mass is 35.7. The first-order valence-corrected chi connectivity index (χ1v) is 11.5. The SMILES string of the molecule is CC(NS(=O)(=O)CS(C)(=O)=O)c1ccc(S(=O)(=O)Cl)cc1. The number of sulfone groups is 1. The molecule has 0 saturated carbocycles. The molecule has 1 rings (SSSR count). The number of hydrogen-bond donors (Lipinski definition) is 1. The second kappa shape index (κ2) is 6.21. The van der Waals surface area contributed by atoms with Crippen molar-refractivity contribution in [3.05, 3.63) is 29.8 Å². The average Bonchev–Trinajstić information content (AvgIpc) is 2.23. The van der Waals surface area contributed by atoms with Crippen molar-refractivity contribution in [2.75, 3.05) is 11.3 Å². The molecule has 1 aromatic carbocycles. The van der Waals surface area contributed by atoms with Crippen LogP contribution in [-0.2, 0) is 28.9 Å². The fourth-order valence-corrected chi connectivity index (χ4v) is 5.54. The van der Waals surface area contributed by atoms with Crippen LogP contribution in [0.25, 0.3) is 0 Å². The maximum absolute atomic E-state index is 11.6. The molecule has 21 heavy (non-hydrogen) atoms. The van der Waals surface area contributed by atoms with Gasteiger partial charge in [0, 0.05) is 23.0 Å². The topological polar surface area (TPSA) is 114 Å². The lowest BCUT2D eigenvalue weighted by molar-refractivity contribution is 0.567. The van der Waals surface area contributed by atoms with E-state index in [-0.39, 0.29) is 4.90 Å². The molecule has 0 aromatic heterocycles. The Labute approximate surface area is 128 Å². The Morgan fingerprint density at radius 3 is 1.90 bits per heavy atom. The van der Waals surface area contributed by atoms with Crippen LogP contribution >= 0.6 is 10.7 Å². The van der Waals surface area contributed by atoms with E-state index in [2.05, 4.69) is 4.72 Å². The van der Waals surface area contributed by atoms with Crippen LogP contribution in [0.1, 0.15) is 18.5 Å². The van der Waals surface area contributed by atoms with Gasteiger partial charge in [-0.25, -0.2) is 30.0 Å². The van der Waals surface area contributed by atoms with Crippen molar-refractivity contribution in [3.8, 4) is 0 Å². The van der Waals surface area contributed by atoms with Crippen molar-refractivity contribution >= 4 is 39.6 Å². The molecule has 0 aliphatic carbocycles. The van der Waals surface area contributed by atoms with Crippen LogP contribution in [0.15, 0.2) is 29.2 Å². The largest absolute Gasteiger partial charge is 0.261 e. The van der Waals surface area contributed by atoms with E-state index in [1.165, 1.54) is 31.2 Å². The minimum Gasteiger partial charge on any atom is -0.228 e. The van der Waals surface area contributed by atoms with Crippen LogP contribution in [0.5, 0.6) is 0 Å². The van der Waals surface area contributed by atoms with Gasteiger partial charge in [-0.1, -0.05) is 12.1 Å². The second-order valence-corrected chi connectivity index (χ2v) is 11.3. The van der Waals surface area contributed by atoms with Gasteiger partial charge < -0.3 is 0 Å². The lowest BCUT2D eigenvalue weighted by Gasteiger charge is -2.14. The normalized spacial score (nSPS) is 14.8. The summed E-state index contributed by atoms with van der Waals surface area (Å²) in [5.41, 5.74) is 0.469. The summed E-state index contributed by atoms with van der Waals surface area (Å²) in [4.78, 5) is -0.112. The molecule has 1 atom stereocenters. The Morgan fingerprint density at radius 2 is 1.52 bits per heavy atom. The summed E-state index contributed by atoms with van der Waals surface area (Å²) in [6.45, 7) is 1.50. The van der Waals surface area contributed by atoms with Gasteiger partial charge in [-0.15, -0.1) is 0 Å². The molecule has 7 nitrogen and oxygen atoms in total. The van der Waals surface area contributed by atoms with E-state index in [0.29, 0.717) is 5.56 Å². The van der Waals surface area contributed by atoms with Gasteiger partial charge >= 0.3 is 0 Å². The first-order valence-electron chi connectivity index (χ1n) is 5.52. The number of halogens is 1. The Balaban J connectivity index is 2.93. The van der Waals surface area contributed by atoms with E-state index in [1.807, 2.05) is 0 Å². The summed E-state index contributed by atoms with van der Waals surface area (Å²) in [6, 6.07) is 4.54. The van der Waals surface area contributed by atoms with Crippen LogP contribution < -0.4 is 4.72 Å². The molecule has 0 fully saturated rings. The Hall–Kier alpha value is -0.680. The van der Waals surface area contributed by atoms with Gasteiger partial charge in [0.2, 0.25) is 10.0 Å². The zero-order valence-corrected chi connectivity index (χ0v) is 14.4. The maximum Gasteiger partial charge on any atom is 0.261 e. The number of benzene rings is 1. The van der Waals surface area contributed by atoms with Gasteiger partial charge in [0.1, 0.15) is 0 Å². The predicted molar refractivity (Wildman–Crippen MR) is 79.7 cm³/mol. The second-order valence-electron chi connectivity index (χ2n) is 4.50. The molecule has 0 spiro atoms. The highest BCUT2D eigenvalue weighted by Gasteiger charge is 2.21. The van der Waals surface area contributed by atoms with Crippen molar-refractivity contribution in [1.82, 2.24) is 4.72 Å². The molecular formula is C10H14ClNO6S3. The number of rotatable bonds is 6. The number of nitrogens with one attached hydrogen (secondary N) is 1. The number of hydrogen-bond acceptors (Lipinski definition) is 6.